The van der Waals surface area contributed by atoms with Gasteiger partial charge in [0.25, 0.3) is 0 Å². The van der Waals surface area contributed by atoms with Crippen molar-refractivity contribution in [2.45, 2.75) is 114 Å². The Kier molecular flexibility index (Phi) is 31.2. The van der Waals surface area contributed by atoms with Crippen LogP contribution in [-0.2, 0) is 19.7 Å². The van der Waals surface area contributed by atoms with E-state index in [-0.39, 0.29) is 11.7 Å². The second kappa shape index (κ2) is 30.1. The number of ketones is 1. The fourth-order valence-electron chi connectivity index (χ4n) is 3.43. The molecule has 5 heteroatoms. The Morgan fingerprint density at radius 1 is 0.909 bits per heavy atom. The number of carbonyl (C=O) groups is 2. The van der Waals surface area contributed by atoms with Gasteiger partial charge in [-0.15, -0.1) is 0 Å². The second-order valence-electron chi connectivity index (χ2n) is 11.7. The number of ether oxygens (including phenoxy) is 1. The van der Waals surface area contributed by atoms with Crippen LogP contribution in [0.1, 0.15) is 113 Å². The van der Waals surface area contributed by atoms with Crippen LogP contribution in [-0.4, -0.2) is 38.9 Å². The molecule has 1 saturated carbocycles. The molecule has 0 spiro atoms. The van der Waals surface area contributed by atoms with Gasteiger partial charge in [0, 0.05) is 45.3 Å². The minimum atomic E-state index is 0.0342. The quantitative estimate of drug-likeness (QED) is 0.150. The average molecular weight is 613 g/mol. The Labute approximate surface area is 272 Å². The monoisotopic (exact) mass is 613 g/mol. The highest BCUT2D eigenvalue weighted by Crippen LogP contribution is 2.47. The molecule has 2 N–H and O–H groups in total. The molecule has 0 aliphatic heterocycles. The van der Waals surface area contributed by atoms with E-state index in [4.69, 9.17) is 0 Å². The van der Waals surface area contributed by atoms with Crippen molar-refractivity contribution in [3.05, 3.63) is 83.2 Å². The van der Waals surface area contributed by atoms with Crippen molar-refractivity contribution in [3.63, 3.8) is 0 Å². The molecule has 0 amide bonds. The van der Waals surface area contributed by atoms with Gasteiger partial charge in [0.15, 0.2) is 5.78 Å². The topological polar surface area (TPSA) is 67.4 Å². The first kappa shape index (κ1) is 45.5. The molecule has 1 aliphatic rings. The normalized spacial score (nSPS) is 13.0. The minimum absolute atomic E-state index is 0.0342. The molecule has 5 nitrogen and oxygen atoms in total. The molecule has 0 heterocycles. The molecule has 0 bridgehead atoms. The summed E-state index contributed by atoms with van der Waals surface area (Å²) in [5.74, 6) is 0.961. The van der Waals surface area contributed by atoms with Gasteiger partial charge in [-0.3, -0.25) is 4.79 Å². The maximum Gasteiger partial charge on any atom is 0.177 e. The van der Waals surface area contributed by atoms with Gasteiger partial charge in [-0.25, -0.2) is 0 Å². The maximum absolute atomic E-state index is 11.4. The van der Waals surface area contributed by atoms with Crippen molar-refractivity contribution in [2.75, 3.05) is 26.8 Å². The van der Waals surface area contributed by atoms with E-state index >= 15 is 0 Å². The summed E-state index contributed by atoms with van der Waals surface area (Å²) in [4.78, 5) is 21.9. The number of rotatable bonds is 11. The van der Waals surface area contributed by atoms with Gasteiger partial charge in [0.05, 0.1) is 5.70 Å². The molecule has 2 aromatic rings. The molecule has 0 radical (unpaired) electrons. The lowest BCUT2D eigenvalue weighted by Crippen LogP contribution is -2.26. The fraction of sp³-hybridized carbons (Fsp3) is 0.590. The lowest BCUT2D eigenvalue weighted by molar-refractivity contribution is -0.114. The first-order chi connectivity index (χ1) is 20.9. The van der Waals surface area contributed by atoms with E-state index in [1.807, 2.05) is 59.7 Å². The lowest BCUT2D eigenvalue weighted by atomic mass is 9.99. The van der Waals surface area contributed by atoms with Crippen molar-refractivity contribution in [3.8, 4) is 0 Å². The molecule has 3 rings (SSSR count). The molecule has 1 aliphatic carbocycles. The summed E-state index contributed by atoms with van der Waals surface area (Å²) >= 11 is 0. The van der Waals surface area contributed by atoms with E-state index in [1.54, 1.807) is 14.0 Å². The highest BCUT2D eigenvalue weighted by atomic mass is 16.5. The predicted molar refractivity (Wildman–Crippen MR) is 193 cm³/mol. The number of carbonyl (C=O) groups excluding carboxylic acids is 2. The molecular formula is C39H68N2O3. The highest BCUT2D eigenvalue weighted by Gasteiger charge is 2.38. The first-order valence-electron chi connectivity index (χ1n) is 16.6. The molecular weight excluding hydrogens is 544 g/mol. The van der Waals surface area contributed by atoms with Gasteiger partial charge in [-0.2, -0.15) is 0 Å². The Hall–Kier alpha value is -2.92. The average Bonchev–Trinajstić information content (AvgIpc) is 3.77. The van der Waals surface area contributed by atoms with Crippen LogP contribution in [0.2, 0.25) is 0 Å². The van der Waals surface area contributed by atoms with Gasteiger partial charge in [-0.05, 0) is 70.3 Å². The Balaban J connectivity index is -0.000000524. The van der Waals surface area contributed by atoms with Crippen LogP contribution in [0.4, 0.5) is 0 Å². The summed E-state index contributed by atoms with van der Waals surface area (Å²) in [6, 6.07) is 21.0. The van der Waals surface area contributed by atoms with Crippen LogP contribution in [0, 0.1) is 18.8 Å². The summed E-state index contributed by atoms with van der Waals surface area (Å²) < 4.78 is 4.54. The number of aryl methyl sites for hydroxylation is 1. The molecule has 0 saturated heterocycles. The second-order valence-corrected chi connectivity index (χ2v) is 11.7. The minimum Gasteiger partial charge on any atom is -0.387 e. The number of hydrogen-bond donors (Lipinski definition) is 2. The SMILES string of the molecule is CC.CC(C)C.CC1(c2ccccc2)CC1.CCN/C(C)=C(\NCCCC(C)C=O)C(C)=O.CCOC.Cc1ccccc1. The zero-order valence-electron chi connectivity index (χ0n) is 30.7. The first-order valence-corrected chi connectivity index (χ1v) is 16.6. The maximum atomic E-state index is 11.4. The van der Waals surface area contributed by atoms with Crippen molar-refractivity contribution in [1.29, 1.82) is 0 Å². The smallest absolute Gasteiger partial charge is 0.177 e. The third-order valence-corrected chi connectivity index (χ3v) is 6.24. The van der Waals surface area contributed by atoms with Gasteiger partial charge in [-0.1, -0.05) is 115 Å². The van der Waals surface area contributed by atoms with Crippen molar-refractivity contribution in [1.82, 2.24) is 10.6 Å². The molecule has 1 fully saturated rings. The van der Waals surface area contributed by atoms with E-state index in [0.29, 0.717) is 11.1 Å². The summed E-state index contributed by atoms with van der Waals surface area (Å²) in [5, 5.41) is 6.26. The number of hydrogen-bond acceptors (Lipinski definition) is 5. The van der Waals surface area contributed by atoms with Crippen LogP contribution in [0.25, 0.3) is 0 Å². The molecule has 44 heavy (non-hydrogen) atoms. The van der Waals surface area contributed by atoms with E-state index in [9.17, 15) is 9.59 Å². The lowest BCUT2D eigenvalue weighted by Gasteiger charge is -2.13. The van der Waals surface area contributed by atoms with E-state index in [1.165, 1.54) is 24.0 Å². The third kappa shape index (κ3) is 27.9. The van der Waals surface area contributed by atoms with Gasteiger partial charge in [0.1, 0.15) is 6.29 Å². The van der Waals surface area contributed by atoms with Crippen molar-refractivity contribution < 1.29 is 14.3 Å². The molecule has 252 valence electrons. The molecule has 1 atom stereocenters. The van der Waals surface area contributed by atoms with Crippen LogP contribution >= 0.6 is 0 Å². The van der Waals surface area contributed by atoms with E-state index in [2.05, 4.69) is 92.5 Å². The molecule has 0 aromatic heterocycles. The third-order valence-electron chi connectivity index (χ3n) is 6.24. The van der Waals surface area contributed by atoms with Crippen LogP contribution < -0.4 is 10.6 Å². The number of nitrogens with one attached hydrogen (secondary N) is 2. The molecule has 2 aromatic carbocycles. The predicted octanol–water partition coefficient (Wildman–Crippen LogP) is 9.70. The highest BCUT2D eigenvalue weighted by molar-refractivity contribution is 5.93. The summed E-state index contributed by atoms with van der Waals surface area (Å²) in [7, 11) is 1.68. The largest absolute Gasteiger partial charge is 0.387 e. The van der Waals surface area contributed by atoms with Crippen LogP contribution in [0.3, 0.4) is 0 Å². The molecule has 1 unspecified atom stereocenters. The van der Waals surface area contributed by atoms with Crippen molar-refractivity contribution in [2.24, 2.45) is 11.8 Å². The van der Waals surface area contributed by atoms with E-state index in [0.717, 1.165) is 50.4 Å². The number of allylic oxidation sites excluding steroid dienone is 2. The Morgan fingerprint density at radius 2 is 1.36 bits per heavy atom. The summed E-state index contributed by atoms with van der Waals surface area (Å²) in [5.41, 5.74) is 4.90. The van der Waals surface area contributed by atoms with Gasteiger partial charge in [0.2, 0.25) is 0 Å². The Morgan fingerprint density at radius 3 is 1.68 bits per heavy atom. The van der Waals surface area contributed by atoms with Crippen LogP contribution in [0.15, 0.2) is 72.1 Å². The number of methoxy groups -OCH3 is 1. The number of aldehydes is 1. The summed E-state index contributed by atoms with van der Waals surface area (Å²) in [6.07, 6.45) is 5.44. The number of Topliss-reactive ketones (excluding diaryl/α,β-unsaturated/α-hetero) is 1. The fourth-order valence-corrected chi connectivity index (χ4v) is 3.43. The Bertz CT molecular complexity index is 947. The zero-order valence-corrected chi connectivity index (χ0v) is 30.7. The van der Waals surface area contributed by atoms with Gasteiger partial charge >= 0.3 is 0 Å². The van der Waals surface area contributed by atoms with Crippen LogP contribution in [0.5, 0.6) is 0 Å². The van der Waals surface area contributed by atoms with Crippen molar-refractivity contribution >= 4 is 12.1 Å². The standard InChI is InChI=1S/C13H24N2O2.C10H12.C7H8.C4H10.C3H8O.C2H6/c1-5-14-11(3)13(12(4)17)15-8-6-7-10(2)9-16;1-10(7-8-10)9-5-3-2-4-6-9;1-7-5-3-2-4-6-7;1-4(2)3;1-3-4-2;1-2/h9-10,14-15H,5-8H2,1-4H3;2-6H,7-8H2,1H3;2-6H,1H3;4H,1-3H3;3H2,1-2H3;1-2H3/b13-11-;;;;;. The zero-order chi connectivity index (χ0) is 34.4. The summed E-state index contributed by atoms with van der Waals surface area (Å²) in [6.45, 7) is 26.6. The number of benzene rings is 2. The van der Waals surface area contributed by atoms with Gasteiger partial charge < -0.3 is 20.2 Å². The van der Waals surface area contributed by atoms with E-state index < -0.39 is 0 Å².